The zero-order valence-electron chi connectivity index (χ0n) is 8.33. The van der Waals surface area contributed by atoms with E-state index in [1.165, 1.54) is 24.3 Å². The molecule has 0 bridgehead atoms. The molecule has 2 aromatic rings. The fourth-order valence-electron chi connectivity index (χ4n) is 1.49. The van der Waals surface area contributed by atoms with E-state index in [1.54, 1.807) is 24.3 Å². The Labute approximate surface area is 97.5 Å². The molecule has 1 unspecified atom stereocenters. The van der Waals surface area contributed by atoms with Gasteiger partial charge in [0.05, 0.1) is 5.38 Å². The van der Waals surface area contributed by atoms with Crippen LogP contribution in [0, 0.1) is 11.6 Å². The molecule has 0 N–H and O–H groups in total. The number of rotatable bonds is 2. The van der Waals surface area contributed by atoms with Crippen LogP contribution >= 0.6 is 11.6 Å². The molecule has 2 rings (SSSR count). The van der Waals surface area contributed by atoms with Crippen molar-refractivity contribution < 1.29 is 8.78 Å². The van der Waals surface area contributed by atoms with E-state index in [9.17, 15) is 8.78 Å². The molecular formula is C13H9ClF2. The molecule has 0 fully saturated rings. The van der Waals surface area contributed by atoms with Gasteiger partial charge >= 0.3 is 0 Å². The maximum atomic E-state index is 13.0. The Morgan fingerprint density at radius 1 is 0.812 bits per heavy atom. The topological polar surface area (TPSA) is 0 Å². The van der Waals surface area contributed by atoms with Gasteiger partial charge in [-0.15, -0.1) is 11.6 Å². The van der Waals surface area contributed by atoms with E-state index >= 15 is 0 Å². The average Bonchev–Trinajstić information content (AvgIpc) is 2.29. The van der Waals surface area contributed by atoms with Crippen LogP contribution in [-0.4, -0.2) is 0 Å². The third-order valence-electron chi connectivity index (χ3n) is 2.30. The summed E-state index contributed by atoms with van der Waals surface area (Å²) in [6.07, 6.45) is 0. The Bertz CT molecular complexity index is 480. The van der Waals surface area contributed by atoms with Crippen molar-refractivity contribution in [2.24, 2.45) is 0 Å². The van der Waals surface area contributed by atoms with Gasteiger partial charge in [-0.1, -0.05) is 24.3 Å². The van der Waals surface area contributed by atoms with Crippen molar-refractivity contribution in [2.45, 2.75) is 5.38 Å². The van der Waals surface area contributed by atoms with E-state index in [0.717, 1.165) is 5.56 Å². The van der Waals surface area contributed by atoms with E-state index in [2.05, 4.69) is 0 Å². The van der Waals surface area contributed by atoms with E-state index in [-0.39, 0.29) is 11.6 Å². The summed E-state index contributed by atoms with van der Waals surface area (Å²) < 4.78 is 25.7. The van der Waals surface area contributed by atoms with Crippen LogP contribution in [0.1, 0.15) is 16.5 Å². The van der Waals surface area contributed by atoms with Crippen molar-refractivity contribution in [1.82, 2.24) is 0 Å². The summed E-state index contributed by atoms with van der Waals surface area (Å²) in [5.74, 6) is -0.642. The second-order valence-corrected chi connectivity index (χ2v) is 3.91. The van der Waals surface area contributed by atoms with Gasteiger partial charge < -0.3 is 0 Å². The summed E-state index contributed by atoms with van der Waals surface area (Å²) in [4.78, 5) is 0. The van der Waals surface area contributed by atoms with Crippen molar-refractivity contribution >= 4 is 11.6 Å². The molecule has 0 aromatic heterocycles. The molecule has 0 heterocycles. The lowest BCUT2D eigenvalue weighted by Gasteiger charge is -2.10. The first-order valence-electron chi connectivity index (χ1n) is 4.82. The zero-order valence-corrected chi connectivity index (χ0v) is 9.09. The van der Waals surface area contributed by atoms with Gasteiger partial charge in [-0.25, -0.2) is 8.78 Å². The highest BCUT2D eigenvalue weighted by Crippen LogP contribution is 2.28. The Hall–Kier alpha value is -1.41. The molecular weight excluding hydrogens is 230 g/mol. The van der Waals surface area contributed by atoms with Gasteiger partial charge in [0.1, 0.15) is 11.6 Å². The zero-order chi connectivity index (χ0) is 11.5. The monoisotopic (exact) mass is 238 g/mol. The highest BCUT2D eigenvalue weighted by molar-refractivity contribution is 6.22. The first kappa shape index (κ1) is 11.1. The van der Waals surface area contributed by atoms with Crippen LogP contribution in [0.2, 0.25) is 0 Å². The Balaban J connectivity index is 2.31. The van der Waals surface area contributed by atoms with E-state index in [4.69, 9.17) is 11.6 Å². The molecule has 0 saturated heterocycles. The molecule has 1 atom stereocenters. The molecule has 0 aliphatic carbocycles. The Morgan fingerprint density at radius 3 is 2.12 bits per heavy atom. The minimum absolute atomic E-state index is 0.313. The minimum Gasteiger partial charge on any atom is -0.207 e. The van der Waals surface area contributed by atoms with Gasteiger partial charge in [-0.2, -0.15) is 0 Å². The van der Waals surface area contributed by atoms with Crippen molar-refractivity contribution in [3.8, 4) is 0 Å². The number of hydrogen-bond donors (Lipinski definition) is 0. The van der Waals surface area contributed by atoms with Crippen LogP contribution < -0.4 is 0 Å². The number of alkyl halides is 1. The predicted octanol–water partition coefficient (Wildman–Crippen LogP) is 4.29. The fraction of sp³-hybridized carbons (Fsp3) is 0.0769. The second-order valence-electron chi connectivity index (χ2n) is 3.47. The third-order valence-corrected chi connectivity index (χ3v) is 2.81. The molecule has 3 heteroatoms. The SMILES string of the molecule is Fc1ccc(C(Cl)c2cccc(F)c2)cc1. The highest BCUT2D eigenvalue weighted by Gasteiger charge is 2.11. The Morgan fingerprint density at radius 2 is 1.50 bits per heavy atom. The van der Waals surface area contributed by atoms with Gasteiger partial charge in [0, 0.05) is 0 Å². The van der Waals surface area contributed by atoms with Crippen LogP contribution in [0.3, 0.4) is 0 Å². The standard InChI is InChI=1S/C13H9ClF2/c14-13(9-4-6-11(15)7-5-9)10-2-1-3-12(16)8-10/h1-8,13H. The molecule has 0 saturated carbocycles. The second kappa shape index (κ2) is 4.62. The van der Waals surface area contributed by atoms with Crippen LogP contribution in [0.5, 0.6) is 0 Å². The summed E-state index contributed by atoms with van der Waals surface area (Å²) in [6, 6.07) is 11.9. The summed E-state index contributed by atoms with van der Waals surface area (Å²) in [7, 11) is 0. The first-order valence-corrected chi connectivity index (χ1v) is 5.25. The van der Waals surface area contributed by atoms with Crippen LogP contribution in [0.25, 0.3) is 0 Å². The largest absolute Gasteiger partial charge is 0.207 e. The Kier molecular flexibility index (Phi) is 3.20. The summed E-state index contributed by atoms with van der Waals surface area (Å²) >= 11 is 6.17. The van der Waals surface area contributed by atoms with Crippen LogP contribution in [-0.2, 0) is 0 Å². The smallest absolute Gasteiger partial charge is 0.123 e. The quantitative estimate of drug-likeness (QED) is 0.685. The van der Waals surface area contributed by atoms with E-state index in [0.29, 0.717) is 5.56 Å². The summed E-state index contributed by atoms with van der Waals surface area (Å²) in [5, 5.41) is -0.462. The van der Waals surface area contributed by atoms with E-state index in [1.807, 2.05) is 0 Å². The van der Waals surface area contributed by atoms with Crippen molar-refractivity contribution in [2.75, 3.05) is 0 Å². The summed E-state index contributed by atoms with van der Waals surface area (Å²) in [6.45, 7) is 0. The van der Waals surface area contributed by atoms with Gasteiger partial charge in [-0.3, -0.25) is 0 Å². The maximum Gasteiger partial charge on any atom is 0.123 e. The minimum atomic E-state index is -0.462. The fourth-order valence-corrected chi connectivity index (χ4v) is 1.77. The lowest BCUT2D eigenvalue weighted by Crippen LogP contribution is -1.94. The predicted molar refractivity (Wildman–Crippen MR) is 60.5 cm³/mol. The molecule has 0 spiro atoms. The van der Waals surface area contributed by atoms with E-state index < -0.39 is 5.38 Å². The van der Waals surface area contributed by atoms with Gasteiger partial charge in [-0.05, 0) is 35.4 Å². The van der Waals surface area contributed by atoms with Crippen molar-refractivity contribution in [3.05, 3.63) is 71.3 Å². The normalized spacial score (nSPS) is 12.4. The molecule has 0 nitrogen and oxygen atoms in total. The number of halogens is 3. The van der Waals surface area contributed by atoms with Gasteiger partial charge in [0.2, 0.25) is 0 Å². The molecule has 82 valence electrons. The lowest BCUT2D eigenvalue weighted by atomic mass is 10.0. The molecule has 0 amide bonds. The number of benzene rings is 2. The molecule has 0 aliphatic heterocycles. The summed E-state index contributed by atoms with van der Waals surface area (Å²) in [5.41, 5.74) is 1.40. The van der Waals surface area contributed by atoms with Gasteiger partial charge in [0.25, 0.3) is 0 Å². The first-order chi connectivity index (χ1) is 7.66. The molecule has 0 aliphatic rings. The molecule has 16 heavy (non-hydrogen) atoms. The van der Waals surface area contributed by atoms with Crippen molar-refractivity contribution in [1.29, 1.82) is 0 Å². The van der Waals surface area contributed by atoms with Gasteiger partial charge in [0.15, 0.2) is 0 Å². The number of hydrogen-bond acceptors (Lipinski definition) is 0. The lowest BCUT2D eigenvalue weighted by molar-refractivity contribution is 0.624. The molecule has 2 aromatic carbocycles. The third kappa shape index (κ3) is 2.39. The van der Waals surface area contributed by atoms with Crippen molar-refractivity contribution in [3.63, 3.8) is 0 Å². The average molecular weight is 239 g/mol. The highest BCUT2D eigenvalue weighted by atomic mass is 35.5. The van der Waals surface area contributed by atoms with Crippen LogP contribution in [0.15, 0.2) is 48.5 Å². The molecule has 0 radical (unpaired) electrons. The maximum absolute atomic E-state index is 13.0. The van der Waals surface area contributed by atoms with Crippen LogP contribution in [0.4, 0.5) is 8.78 Å².